The van der Waals surface area contributed by atoms with Gasteiger partial charge in [-0.25, -0.2) is 0 Å². The van der Waals surface area contributed by atoms with E-state index in [0.29, 0.717) is 0 Å². The molecular formula is C10H7BrF3NO3S. The lowest BCUT2D eigenvalue weighted by molar-refractivity contribution is -0.385. The van der Waals surface area contributed by atoms with Crippen LogP contribution in [-0.4, -0.2) is 21.5 Å². The van der Waals surface area contributed by atoms with E-state index in [1.54, 1.807) is 0 Å². The van der Waals surface area contributed by atoms with E-state index in [0.717, 1.165) is 12.1 Å². The maximum atomic E-state index is 12.4. The molecule has 0 spiro atoms. The summed E-state index contributed by atoms with van der Waals surface area (Å²) >= 11 is 2.45. The first-order valence-electron chi connectivity index (χ1n) is 4.83. The number of alkyl halides is 4. The van der Waals surface area contributed by atoms with E-state index < -0.39 is 27.9 Å². The third-order valence-corrected chi connectivity index (χ3v) is 3.48. The standard InChI is InChI=1S/C10H7BrF3NO3S/c11-5-8(16)3-6-1-2-7(15(17)18)4-9(6)19-10(12,13)14/h1-2,4H,3,5H2. The second kappa shape index (κ2) is 6.38. The number of Topliss-reactive ketones (excluding diaryl/α,β-unsaturated/α-hetero) is 1. The Labute approximate surface area is 118 Å². The minimum atomic E-state index is -4.57. The lowest BCUT2D eigenvalue weighted by Gasteiger charge is -2.10. The van der Waals surface area contributed by atoms with Crippen molar-refractivity contribution in [2.24, 2.45) is 0 Å². The van der Waals surface area contributed by atoms with Crippen LogP contribution in [-0.2, 0) is 11.2 Å². The summed E-state index contributed by atoms with van der Waals surface area (Å²) in [5.41, 5.74) is -4.89. The Kier molecular flexibility index (Phi) is 5.36. The van der Waals surface area contributed by atoms with Gasteiger partial charge in [0.2, 0.25) is 0 Å². The molecular weight excluding hydrogens is 351 g/mol. The van der Waals surface area contributed by atoms with Gasteiger partial charge in [0.25, 0.3) is 5.69 Å². The number of ketones is 1. The van der Waals surface area contributed by atoms with Gasteiger partial charge in [-0.2, -0.15) is 13.2 Å². The van der Waals surface area contributed by atoms with Gasteiger partial charge in [-0.05, 0) is 17.3 Å². The van der Waals surface area contributed by atoms with Crippen molar-refractivity contribution in [2.75, 3.05) is 5.33 Å². The Morgan fingerprint density at radius 1 is 1.42 bits per heavy atom. The quantitative estimate of drug-likeness (QED) is 0.348. The molecule has 0 aliphatic rings. The maximum absolute atomic E-state index is 12.4. The maximum Gasteiger partial charge on any atom is 0.446 e. The van der Waals surface area contributed by atoms with Crippen molar-refractivity contribution < 1.29 is 22.9 Å². The number of rotatable bonds is 5. The number of halogens is 4. The van der Waals surface area contributed by atoms with Crippen LogP contribution in [0.3, 0.4) is 0 Å². The van der Waals surface area contributed by atoms with E-state index in [1.165, 1.54) is 6.07 Å². The molecule has 104 valence electrons. The van der Waals surface area contributed by atoms with Crippen LogP contribution in [0.25, 0.3) is 0 Å². The molecule has 0 unspecified atom stereocenters. The van der Waals surface area contributed by atoms with Crippen LogP contribution in [0.1, 0.15) is 5.56 Å². The monoisotopic (exact) mass is 357 g/mol. The van der Waals surface area contributed by atoms with Crippen LogP contribution in [0.5, 0.6) is 0 Å². The Hall–Kier alpha value is -1.09. The molecule has 1 aromatic rings. The molecule has 4 nitrogen and oxygen atoms in total. The summed E-state index contributed by atoms with van der Waals surface area (Å²) in [5, 5.41) is 10.6. The summed E-state index contributed by atoms with van der Waals surface area (Å²) < 4.78 is 37.1. The zero-order valence-corrected chi connectivity index (χ0v) is 11.6. The molecule has 0 fully saturated rings. The third kappa shape index (κ3) is 5.19. The minimum Gasteiger partial charge on any atom is -0.298 e. The summed E-state index contributed by atoms with van der Waals surface area (Å²) in [6, 6.07) is 3.08. The number of benzene rings is 1. The van der Waals surface area contributed by atoms with Crippen LogP contribution >= 0.6 is 27.7 Å². The van der Waals surface area contributed by atoms with Gasteiger partial charge in [-0.15, -0.1) is 0 Å². The van der Waals surface area contributed by atoms with E-state index in [2.05, 4.69) is 15.9 Å². The fourth-order valence-corrected chi connectivity index (χ4v) is 2.18. The van der Waals surface area contributed by atoms with Gasteiger partial charge in [0.1, 0.15) is 5.78 Å². The van der Waals surface area contributed by atoms with Gasteiger partial charge >= 0.3 is 5.51 Å². The van der Waals surface area contributed by atoms with E-state index >= 15 is 0 Å². The molecule has 9 heteroatoms. The molecule has 0 bridgehead atoms. The SMILES string of the molecule is O=C(CBr)Cc1ccc([N+](=O)[O-])cc1SC(F)(F)F. The first-order valence-corrected chi connectivity index (χ1v) is 6.77. The molecule has 0 atom stereocenters. The summed E-state index contributed by atoms with van der Waals surface area (Å²) in [7, 11) is 0. The van der Waals surface area contributed by atoms with Gasteiger partial charge in [-0.1, -0.05) is 22.0 Å². The molecule has 0 amide bonds. The number of hydrogen-bond acceptors (Lipinski definition) is 4. The largest absolute Gasteiger partial charge is 0.446 e. The van der Waals surface area contributed by atoms with Crippen molar-refractivity contribution in [3.63, 3.8) is 0 Å². The summed E-state index contributed by atoms with van der Waals surface area (Å²) in [6.07, 6.45) is -0.207. The number of nitrogens with zero attached hydrogens (tertiary/aromatic N) is 1. The minimum absolute atomic E-state index is 0.0140. The Balaban J connectivity index is 3.14. The van der Waals surface area contributed by atoms with Crippen molar-refractivity contribution in [3.05, 3.63) is 33.9 Å². The zero-order valence-electron chi connectivity index (χ0n) is 9.24. The smallest absolute Gasteiger partial charge is 0.298 e. The Bertz CT molecular complexity index is 507. The highest BCUT2D eigenvalue weighted by molar-refractivity contribution is 9.09. The predicted molar refractivity (Wildman–Crippen MR) is 67.5 cm³/mol. The van der Waals surface area contributed by atoms with E-state index in [-0.39, 0.29) is 28.0 Å². The Morgan fingerprint density at radius 3 is 2.53 bits per heavy atom. The normalized spacial score (nSPS) is 11.4. The van der Waals surface area contributed by atoms with Crippen LogP contribution in [0, 0.1) is 10.1 Å². The number of non-ortho nitro benzene ring substituents is 1. The van der Waals surface area contributed by atoms with Gasteiger partial charge in [0.15, 0.2) is 0 Å². The summed E-state index contributed by atoms with van der Waals surface area (Å²) in [5.74, 6) is -0.308. The number of carbonyl (C=O) groups is 1. The molecule has 0 heterocycles. The fourth-order valence-electron chi connectivity index (χ4n) is 1.28. The van der Waals surface area contributed by atoms with Gasteiger partial charge in [-0.3, -0.25) is 14.9 Å². The highest BCUT2D eigenvalue weighted by Crippen LogP contribution is 2.40. The van der Waals surface area contributed by atoms with Gasteiger partial charge in [0.05, 0.1) is 10.3 Å². The highest BCUT2D eigenvalue weighted by atomic mass is 79.9. The molecule has 0 aliphatic heterocycles. The van der Waals surface area contributed by atoms with Crippen molar-refractivity contribution in [1.82, 2.24) is 0 Å². The molecule has 0 saturated carbocycles. The van der Waals surface area contributed by atoms with E-state index in [9.17, 15) is 28.1 Å². The predicted octanol–water partition coefficient (Wildman–Crippen LogP) is 3.71. The van der Waals surface area contributed by atoms with Gasteiger partial charge < -0.3 is 0 Å². The van der Waals surface area contributed by atoms with Crippen LogP contribution in [0.2, 0.25) is 0 Å². The van der Waals surface area contributed by atoms with E-state index in [1.807, 2.05) is 0 Å². The fraction of sp³-hybridized carbons (Fsp3) is 0.300. The summed E-state index contributed by atoms with van der Waals surface area (Å²) in [4.78, 5) is 20.7. The second-order valence-corrected chi connectivity index (χ2v) is 5.11. The summed E-state index contributed by atoms with van der Waals surface area (Å²) in [6.45, 7) is 0. The number of carbonyl (C=O) groups excluding carboxylic acids is 1. The third-order valence-electron chi connectivity index (χ3n) is 2.02. The lowest BCUT2D eigenvalue weighted by Crippen LogP contribution is -2.07. The molecule has 0 aromatic heterocycles. The molecule has 0 N–H and O–H groups in total. The van der Waals surface area contributed by atoms with Gasteiger partial charge in [0, 0.05) is 23.4 Å². The van der Waals surface area contributed by atoms with Crippen LogP contribution in [0.15, 0.2) is 23.1 Å². The average molecular weight is 358 g/mol. The van der Waals surface area contributed by atoms with Crippen LogP contribution in [0.4, 0.5) is 18.9 Å². The van der Waals surface area contributed by atoms with E-state index in [4.69, 9.17) is 0 Å². The molecule has 0 radical (unpaired) electrons. The molecule has 1 aromatic carbocycles. The Morgan fingerprint density at radius 2 is 2.05 bits per heavy atom. The topological polar surface area (TPSA) is 60.2 Å². The number of hydrogen-bond donors (Lipinski definition) is 0. The first-order chi connectivity index (χ1) is 8.73. The van der Waals surface area contributed by atoms with Crippen molar-refractivity contribution in [2.45, 2.75) is 16.8 Å². The lowest BCUT2D eigenvalue weighted by atomic mass is 10.1. The number of nitro benzene ring substituents is 1. The van der Waals surface area contributed by atoms with Crippen LogP contribution < -0.4 is 0 Å². The molecule has 19 heavy (non-hydrogen) atoms. The molecule has 0 saturated heterocycles. The number of nitro groups is 1. The second-order valence-electron chi connectivity index (χ2n) is 3.45. The molecule has 0 aliphatic carbocycles. The average Bonchev–Trinajstić information content (AvgIpc) is 2.29. The first kappa shape index (κ1) is 16.0. The van der Waals surface area contributed by atoms with Crippen molar-refractivity contribution >= 4 is 39.2 Å². The molecule has 1 rings (SSSR count). The zero-order chi connectivity index (χ0) is 14.6. The number of thioether (sulfide) groups is 1. The van der Waals surface area contributed by atoms with Crippen molar-refractivity contribution in [3.8, 4) is 0 Å². The van der Waals surface area contributed by atoms with Crippen molar-refractivity contribution in [1.29, 1.82) is 0 Å². The highest BCUT2D eigenvalue weighted by Gasteiger charge is 2.31.